The normalized spacial score (nSPS) is 12.9. The molecule has 2 nitrogen and oxygen atoms in total. The fourth-order valence-electron chi connectivity index (χ4n) is 1.24. The quantitative estimate of drug-likeness (QED) is 0.790. The molecule has 0 saturated carbocycles. The van der Waals surface area contributed by atoms with Crippen molar-refractivity contribution >= 4 is 0 Å². The van der Waals surface area contributed by atoms with Crippen LogP contribution >= 0.6 is 0 Å². The number of phenolic OH excluding ortho intramolecular Hbond substituents is 1. The van der Waals surface area contributed by atoms with Crippen molar-refractivity contribution in [3.8, 4) is 5.75 Å². The molecule has 0 radical (unpaired) electrons. The van der Waals surface area contributed by atoms with Gasteiger partial charge in [0, 0.05) is 5.56 Å². The molecule has 4 heteroatoms. The van der Waals surface area contributed by atoms with Gasteiger partial charge in [-0.15, -0.1) is 0 Å². The molecule has 14 heavy (non-hydrogen) atoms. The summed E-state index contributed by atoms with van der Waals surface area (Å²) in [5.74, 6) is -3.22. The van der Waals surface area contributed by atoms with Crippen molar-refractivity contribution in [2.24, 2.45) is 0 Å². The van der Waals surface area contributed by atoms with Crippen LogP contribution in [-0.4, -0.2) is 10.2 Å². The highest BCUT2D eigenvalue weighted by molar-refractivity contribution is 5.31. The van der Waals surface area contributed by atoms with Crippen LogP contribution in [0.1, 0.15) is 31.4 Å². The molecule has 0 fully saturated rings. The minimum absolute atomic E-state index is 0.109. The van der Waals surface area contributed by atoms with Gasteiger partial charge in [0.05, 0.1) is 6.10 Å². The number of benzene rings is 1. The molecule has 1 atom stereocenters. The Bertz CT molecular complexity index is 326. The zero-order valence-corrected chi connectivity index (χ0v) is 7.80. The molecule has 0 saturated heterocycles. The fraction of sp³-hybridized carbons (Fsp3) is 0.400. The minimum atomic E-state index is -1.31. The number of halogens is 2. The van der Waals surface area contributed by atoms with Crippen LogP contribution in [-0.2, 0) is 0 Å². The molecule has 0 spiro atoms. The Morgan fingerprint density at radius 2 is 1.93 bits per heavy atom. The van der Waals surface area contributed by atoms with E-state index in [4.69, 9.17) is 5.11 Å². The van der Waals surface area contributed by atoms with E-state index in [-0.39, 0.29) is 5.56 Å². The summed E-state index contributed by atoms with van der Waals surface area (Å²) < 4.78 is 26.0. The lowest BCUT2D eigenvalue weighted by Gasteiger charge is -2.11. The molecule has 0 aromatic heterocycles. The molecule has 0 heterocycles. The third kappa shape index (κ3) is 2.01. The van der Waals surface area contributed by atoms with Gasteiger partial charge in [0.2, 0.25) is 5.82 Å². The topological polar surface area (TPSA) is 40.5 Å². The molecule has 0 aliphatic carbocycles. The van der Waals surface area contributed by atoms with Crippen LogP contribution in [0.25, 0.3) is 0 Å². The number of hydrogen-bond donors (Lipinski definition) is 2. The Hall–Kier alpha value is -1.16. The van der Waals surface area contributed by atoms with Gasteiger partial charge in [-0.05, 0) is 18.6 Å². The highest BCUT2D eigenvalue weighted by Gasteiger charge is 2.17. The van der Waals surface area contributed by atoms with Crippen LogP contribution in [0.4, 0.5) is 8.78 Å². The van der Waals surface area contributed by atoms with Crippen LogP contribution in [0.5, 0.6) is 5.75 Å². The number of aliphatic hydroxyl groups excluding tert-OH is 1. The first kappa shape index (κ1) is 10.9. The monoisotopic (exact) mass is 202 g/mol. The fourth-order valence-corrected chi connectivity index (χ4v) is 1.24. The zero-order chi connectivity index (χ0) is 10.7. The van der Waals surface area contributed by atoms with E-state index in [0.717, 1.165) is 6.07 Å². The van der Waals surface area contributed by atoms with E-state index in [9.17, 15) is 13.9 Å². The van der Waals surface area contributed by atoms with Crippen molar-refractivity contribution < 1.29 is 19.0 Å². The number of aliphatic hydroxyl groups is 1. The largest absolute Gasteiger partial charge is 0.505 e. The van der Waals surface area contributed by atoms with E-state index >= 15 is 0 Å². The van der Waals surface area contributed by atoms with Crippen molar-refractivity contribution in [2.45, 2.75) is 25.9 Å². The SMILES string of the molecule is CCCC(O)c1ccc(O)c(F)c1F. The van der Waals surface area contributed by atoms with E-state index < -0.39 is 23.5 Å². The van der Waals surface area contributed by atoms with E-state index in [1.807, 2.05) is 6.92 Å². The molecule has 0 bridgehead atoms. The van der Waals surface area contributed by atoms with Gasteiger partial charge in [-0.3, -0.25) is 0 Å². The lowest BCUT2D eigenvalue weighted by molar-refractivity contribution is 0.160. The summed E-state index contributed by atoms with van der Waals surface area (Å²) in [7, 11) is 0. The van der Waals surface area contributed by atoms with Crippen LogP contribution in [0.2, 0.25) is 0 Å². The molecule has 2 N–H and O–H groups in total. The average Bonchev–Trinajstić information content (AvgIpc) is 2.15. The third-order valence-corrected chi connectivity index (χ3v) is 2.01. The maximum atomic E-state index is 13.1. The summed E-state index contributed by atoms with van der Waals surface area (Å²) in [4.78, 5) is 0. The second-order valence-electron chi connectivity index (χ2n) is 3.11. The molecular formula is C10H12F2O2. The van der Waals surface area contributed by atoms with Crippen molar-refractivity contribution in [3.63, 3.8) is 0 Å². The van der Waals surface area contributed by atoms with Gasteiger partial charge in [0.25, 0.3) is 0 Å². The van der Waals surface area contributed by atoms with Gasteiger partial charge < -0.3 is 10.2 Å². The van der Waals surface area contributed by atoms with E-state index in [1.54, 1.807) is 0 Å². The number of hydrogen-bond acceptors (Lipinski definition) is 2. The minimum Gasteiger partial charge on any atom is -0.505 e. The Morgan fingerprint density at radius 1 is 1.29 bits per heavy atom. The van der Waals surface area contributed by atoms with Gasteiger partial charge in [0.15, 0.2) is 11.6 Å². The number of aromatic hydroxyl groups is 1. The first-order valence-electron chi connectivity index (χ1n) is 4.42. The van der Waals surface area contributed by atoms with Crippen LogP contribution in [0.15, 0.2) is 12.1 Å². The summed E-state index contributed by atoms with van der Waals surface area (Å²) in [6.45, 7) is 1.83. The Balaban J connectivity index is 3.04. The first-order valence-corrected chi connectivity index (χ1v) is 4.42. The summed E-state index contributed by atoms with van der Waals surface area (Å²) in [5.41, 5.74) is -0.109. The Kier molecular flexibility index (Phi) is 3.41. The maximum absolute atomic E-state index is 13.1. The van der Waals surface area contributed by atoms with Crippen molar-refractivity contribution in [2.75, 3.05) is 0 Å². The summed E-state index contributed by atoms with van der Waals surface area (Å²) in [6, 6.07) is 2.22. The standard InChI is InChI=1S/C10H12F2O2/c1-2-3-7(13)6-4-5-8(14)10(12)9(6)11/h4-5,7,13-14H,2-3H2,1H3. The second kappa shape index (κ2) is 4.37. The van der Waals surface area contributed by atoms with E-state index in [1.165, 1.54) is 6.07 Å². The van der Waals surface area contributed by atoms with Gasteiger partial charge in [-0.25, -0.2) is 4.39 Å². The first-order chi connectivity index (χ1) is 6.57. The molecule has 0 amide bonds. The van der Waals surface area contributed by atoms with Crippen LogP contribution < -0.4 is 0 Å². The predicted octanol–water partition coefficient (Wildman–Crippen LogP) is 2.50. The summed E-state index contributed by atoms with van der Waals surface area (Å²) in [6.07, 6.45) is 0.0136. The number of phenols is 1. The van der Waals surface area contributed by atoms with Crippen LogP contribution in [0.3, 0.4) is 0 Å². The van der Waals surface area contributed by atoms with Gasteiger partial charge >= 0.3 is 0 Å². The summed E-state index contributed by atoms with van der Waals surface area (Å²) >= 11 is 0. The van der Waals surface area contributed by atoms with Crippen molar-refractivity contribution in [1.29, 1.82) is 0 Å². The molecule has 1 aromatic rings. The highest BCUT2D eigenvalue weighted by Crippen LogP contribution is 2.27. The Morgan fingerprint density at radius 3 is 2.50 bits per heavy atom. The molecule has 1 unspecified atom stereocenters. The zero-order valence-electron chi connectivity index (χ0n) is 7.80. The average molecular weight is 202 g/mol. The van der Waals surface area contributed by atoms with Crippen LogP contribution in [0, 0.1) is 11.6 Å². The molecule has 1 rings (SSSR count). The van der Waals surface area contributed by atoms with Crippen molar-refractivity contribution in [1.82, 2.24) is 0 Å². The van der Waals surface area contributed by atoms with Gasteiger partial charge in [-0.2, -0.15) is 4.39 Å². The molecule has 0 aliphatic heterocycles. The van der Waals surface area contributed by atoms with Gasteiger partial charge in [-0.1, -0.05) is 13.3 Å². The molecule has 0 aliphatic rings. The highest BCUT2D eigenvalue weighted by atomic mass is 19.2. The lowest BCUT2D eigenvalue weighted by Crippen LogP contribution is -2.02. The van der Waals surface area contributed by atoms with E-state index in [2.05, 4.69) is 0 Å². The molecule has 1 aromatic carbocycles. The summed E-state index contributed by atoms with van der Waals surface area (Å²) in [5, 5.41) is 18.3. The smallest absolute Gasteiger partial charge is 0.200 e. The molecule has 78 valence electrons. The van der Waals surface area contributed by atoms with E-state index in [0.29, 0.717) is 12.8 Å². The Labute approximate surface area is 80.8 Å². The maximum Gasteiger partial charge on any atom is 0.200 e. The third-order valence-electron chi connectivity index (χ3n) is 2.01. The predicted molar refractivity (Wildman–Crippen MR) is 47.9 cm³/mol. The van der Waals surface area contributed by atoms with Crippen molar-refractivity contribution in [3.05, 3.63) is 29.3 Å². The van der Waals surface area contributed by atoms with Gasteiger partial charge in [0.1, 0.15) is 0 Å². The lowest BCUT2D eigenvalue weighted by atomic mass is 10.0. The second-order valence-corrected chi connectivity index (χ2v) is 3.11. The molecular weight excluding hydrogens is 190 g/mol. The number of rotatable bonds is 3.